The lowest BCUT2D eigenvalue weighted by atomic mass is 10.2. The Morgan fingerprint density at radius 1 is 1.09 bits per heavy atom. The van der Waals surface area contributed by atoms with Crippen LogP contribution in [0.5, 0.6) is 0 Å². The van der Waals surface area contributed by atoms with Gasteiger partial charge in [0.25, 0.3) is 5.91 Å². The zero-order chi connectivity index (χ0) is 16.8. The van der Waals surface area contributed by atoms with Gasteiger partial charge in [0.05, 0.1) is 5.69 Å². The Morgan fingerprint density at radius 3 is 2.39 bits per heavy atom. The summed E-state index contributed by atoms with van der Waals surface area (Å²) in [6.45, 7) is 1.64. The Bertz CT molecular complexity index is 704. The molecule has 0 heterocycles. The van der Waals surface area contributed by atoms with Gasteiger partial charge in [-0.05, 0) is 49.6 Å². The van der Waals surface area contributed by atoms with Gasteiger partial charge in [0.15, 0.2) is 0 Å². The molecule has 0 aromatic heterocycles. The summed E-state index contributed by atoms with van der Waals surface area (Å²) in [7, 11) is 0. The van der Waals surface area contributed by atoms with Crippen LogP contribution in [-0.4, -0.2) is 24.1 Å². The van der Waals surface area contributed by atoms with E-state index in [9.17, 15) is 9.59 Å². The van der Waals surface area contributed by atoms with Crippen LogP contribution in [0.1, 0.15) is 17.3 Å². The molecule has 2 rings (SSSR count). The third kappa shape index (κ3) is 4.74. The first-order valence-corrected chi connectivity index (χ1v) is 8.62. The molecule has 0 fully saturated rings. The molecule has 1 unspecified atom stereocenters. The number of anilines is 1. The summed E-state index contributed by atoms with van der Waals surface area (Å²) < 4.78 is 0. The lowest BCUT2D eigenvalue weighted by molar-refractivity contribution is -0.117. The molecule has 0 aliphatic rings. The van der Waals surface area contributed by atoms with E-state index in [1.807, 2.05) is 30.5 Å². The average Bonchev–Trinajstić information content (AvgIpc) is 2.55. The van der Waals surface area contributed by atoms with E-state index in [4.69, 9.17) is 11.6 Å². The highest BCUT2D eigenvalue weighted by molar-refractivity contribution is 7.98. The number of carbonyl (C=O) groups excluding carboxylic acids is 2. The summed E-state index contributed by atoms with van der Waals surface area (Å²) in [4.78, 5) is 25.3. The summed E-state index contributed by atoms with van der Waals surface area (Å²) in [5, 5.41) is 6.06. The van der Waals surface area contributed by atoms with Crippen LogP contribution < -0.4 is 10.6 Å². The maximum absolute atomic E-state index is 12.2. The van der Waals surface area contributed by atoms with Crippen LogP contribution in [0.2, 0.25) is 5.02 Å². The third-order valence-corrected chi connectivity index (χ3v) is 4.26. The second-order valence-corrected chi connectivity index (χ2v) is 6.18. The zero-order valence-electron chi connectivity index (χ0n) is 12.8. The Hall–Kier alpha value is -1.98. The zero-order valence-corrected chi connectivity index (χ0v) is 14.4. The number of hydrogen-bond donors (Lipinski definition) is 2. The van der Waals surface area contributed by atoms with Gasteiger partial charge in [0.1, 0.15) is 6.04 Å². The van der Waals surface area contributed by atoms with Crippen molar-refractivity contribution in [2.24, 2.45) is 0 Å². The number of nitrogens with one attached hydrogen (secondary N) is 2. The number of thioether (sulfide) groups is 1. The standard InChI is InChI=1S/C17H17ClN2O2S/c1-11(19-17(22)12-7-9-13(18)10-8-12)16(21)20-14-5-3-4-6-15(14)23-2/h3-11H,1-2H3,(H,19,22)(H,20,21). The van der Waals surface area contributed by atoms with Crippen molar-refractivity contribution in [1.82, 2.24) is 5.32 Å². The molecule has 0 spiro atoms. The van der Waals surface area contributed by atoms with Gasteiger partial charge in [-0.25, -0.2) is 0 Å². The molecule has 2 aromatic carbocycles. The fraction of sp³-hybridized carbons (Fsp3) is 0.176. The first-order valence-electron chi connectivity index (χ1n) is 7.01. The molecule has 2 aromatic rings. The van der Waals surface area contributed by atoms with Gasteiger partial charge >= 0.3 is 0 Å². The van der Waals surface area contributed by atoms with E-state index in [2.05, 4.69) is 10.6 Å². The average molecular weight is 349 g/mol. The largest absolute Gasteiger partial charge is 0.341 e. The summed E-state index contributed by atoms with van der Waals surface area (Å²) in [5.74, 6) is -0.587. The predicted molar refractivity (Wildman–Crippen MR) is 95.2 cm³/mol. The predicted octanol–water partition coefficient (Wildman–Crippen LogP) is 3.82. The van der Waals surface area contributed by atoms with Crippen LogP contribution in [0.4, 0.5) is 5.69 Å². The van der Waals surface area contributed by atoms with E-state index < -0.39 is 6.04 Å². The number of rotatable bonds is 5. The number of carbonyl (C=O) groups is 2. The first-order chi connectivity index (χ1) is 11.0. The first kappa shape index (κ1) is 17.4. The van der Waals surface area contributed by atoms with Gasteiger partial charge in [-0.2, -0.15) is 0 Å². The van der Waals surface area contributed by atoms with Crippen molar-refractivity contribution in [2.75, 3.05) is 11.6 Å². The number of hydrogen-bond acceptors (Lipinski definition) is 3. The highest BCUT2D eigenvalue weighted by Crippen LogP contribution is 2.24. The molecule has 2 amide bonds. The molecule has 0 saturated carbocycles. The van der Waals surface area contributed by atoms with Gasteiger partial charge in [0, 0.05) is 15.5 Å². The minimum Gasteiger partial charge on any atom is -0.341 e. The molecule has 0 aliphatic carbocycles. The molecular formula is C17H17ClN2O2S. The maximum atomic E-state index is 12.2. The fourth-order valence-corrected chi connectivity index (χ4v) is 2.62. The van der Waals surface area contributed by atoms with Gasteiger partial charge < -0.3 is 10.6 Å². The lowest BCUT2D eigenvalue weighted by Gasteiger charge is -2.15. The Morgan fingerprint density at radius 2 is 1.74 bits per heavy atom. The molecule has 0 bridgehead atoms. The van der Waals surface area contributed by atoms with Gasteiger partial charge in [-0.3, -0.25) is 9.59 Å². The number of benzene rings is 2. The molecule has 0 radical (unpaired) electrons. The maximum Gasteiger partial charge on any atom is 0.251 e. The highest BCUT2D eigenvalue weighted by atomic mass is 35.5. The summed E-state index contributed by atoms with van der Waals surface area (Å²) >= 11 is 7.34. The molecule has 23 heavy (non-hydrogen) atoms. The second kappa shape index (κ2) is 8.04. The molecule has 1 atom stereocenters. The van der Waals surface area contributed by atoms with Crippen molar-refractivity contribution in [3.63, 3.8) is 0 Å². The minimum atomic E-state index is -0.659. The monoisotopic (exact) mass is 348 g/mol. The van der Waals surface area contributed by atoms with Crippen LogP contribution in [0.15, 0.2) is 53.4 Å². The van der Waals surface area contributed by atoms with Gasteiger partial charge in [-0.1, -0.05) is 23.7 Å². The van der Waals surface area contributed by atoms with E-state index >= 15 is 0 Å². The van der Waals surface area contributed by atoms with Crippen LogP contribution in [0.3, 0.4) is 0 Å². The molecule has 2 N–H and O–H groups in total. The summed E-state index contributed by atoms with van der Waals surface area (Å²) in [6, 6.07) is 13.4. The van der Waals surface area contributed by atoms with Crippen molar-refractivity contribution in [2.45, 2.75) is 17.9 Å². The number of para-hydroxylation sites is 1. The smallest absolute Gasteiger partial charge is 0.251 e. The van der Waals surface area contributed by atoms with E-state index in [0.717, 1.165) is 10.6 Å². The molecular weight excluding hydrogens is 332 g/mol. The molecule has 4 nitrogen and oxygen atoms in total. The Kier molecular flexibility index (Phi) is 6.07. The normalized spacial score (nSPS) is 11.6. The third-order valence-electron chi connectivity index (χ3n) is 3.21. The second-order valence-electron chi connectivity index (χ2n) is 4.89. The fourth-order valence-electron chi connectivity index (χ4n) is 1.94. The molecule has 0 aliphatic heterocycles. The summed E-state index contributed by atoms with van der Waals surface area (Å²) in [6.07, 6.45) is 1.94. The van der Waals surface area contributed by atoms with E-state index in [1.165, 1.54) is 0 Å². The van der Waals surface area contributed by atoms with Gasteiger partial charge in [0.2, 0.25) is 5.91 Å². The Balaban J connectivity index is 1.99. The SMILES string of the molecule is CSc1ccccc1NC(=O)C(C)NC(=O)c1ccc(Cl)cc1. The van der Waals surface area contributed by atoms with Crippen LogP contribution in [0.25, 0.3) is 0 Å². The molecule has 6 heteroatoms. The van der Waals surface area contributed by atoms with E-state index in [-0.39, 0.29) is 11.8 Å². The van der Waals surface area contributed by atoms with Crippen molar-refractivity contribution in [1.29, 1.82) is 0 Å². The number of halogens is 1. The number of amides is 2. The van der Waals surface area contributed by atoms with Crippen molar-refractivity contribution >= 4 is 40.9 Å². The van der Waals surface area contributed by atoms with Crippen molar-refractivity contribution in [3.05, 3.63) is 59.1 Å². The quantitative estimate of drug-likeness (QED) is 0.807. The highest BCUT2D eigenvalue weighted by Gasteiger charge is 2.17. The van der Waals surface area contributed by atoms with Gasteiger partial charge in [-0.15, -0.1) is 11.8 Å². The van der Waals surface area contributed by atoms with Crippen LogP contribution >= 0.6 is 23.4 Å². The van der Waals surface area contributed by atoms with E-state index in [0.29, 0.717) is 10.6 Å². The Labute approximate surface area is 144 Å². The van der Waals surface area contributed by atoms with Crippen LogP contribution in [0, 0.1) is 0 Å². The summed E-state index contributed by atoms with van der Waals surface area (Å²) in [5.41, 5.74) is 1.19. The van der Waals surface area contributed by atoms with Crippen molar-refractivity contribution < 1.29 is 9.59 Å². The lowest BCUT2D eigenvalue weighted by Crippen LogP contribution is -2.41. The van der Waals surface area contributed by atoms with Crippen molar-refractivity contribution in [3.8, 4) is 0 Å². The molecule has 0 saturated heterocycles. The van der Waals surface area contributed by atoms with Crippen LogP contribution in [-0.2, 0) is 4.79 Å². The van der Waals surface area contributed by atoms with E-state index in [1.54, 1.807) is 43.0 Å². The molecule has 120 valence electrons. The minimum absolute atomic E-state index is 0.270. The topological polar surface area (TPSA) is 58.2 Å².